The molecular weight excluding hydrogens is 466 g/mol. The predicted octanol–water partition coefficient (Wildman–Crippen LogP) is 1.69. The number of rotatable bonds is 11. The van der Waals surface area contributed by atoms with Crippen LogP contribution in [0.2, 0.25) is 0 Å². The van der Waals surface area contributed by atoms with Gasteiger partial charge in [-0.2, -0.15) is 0 Å². The van der Waals surface area contributed by atoms with E-state index in [9.17, 15) is 21.6 Å². The van der Waals surface area contributed by atoms with Crippen LogP contribution in [-0.4, -0.2) is 48.5 Å². The van der Waals surface area contributed by atoms with Gasteiger partial charge in [0, 0.05) is 19.1 Å². The molecule has 0 heterocycles. The Morgan fingerprint density at radius 1 is 0.879 bits per heavy atom. The Bertz CT molecular complexity index is 1140. The second-order valence-corrected chi connectivity index (χ2v) is 11.4. The highest BCUT2D eigenvalue weighted by Gasteiger charge is 2.22. The van der Waals surface area contributed by atoms with Crippen LogP contribution >= 0.6 is 0 Å². The van der Waals surface area contributed by atoms with Crippen LogP contribution in [0.1, 0.15) is 31.2 Å². The van der Waals surface area contributed by atoms with Crippen molar-refractivity contribution in [3.8, 4) is 5.75 Å². The molecule has 0 aliphatic heterocycles. The third-order valence-corrected chi connectivity index (χ3v) is 8.26. The highest BCUT2D eigenvalue weighted by Crippen LogP contribution is 2.21. The molecule has 0 unspecified atom stereocenters. The Morgan fingerprint density at radius 3 is 2.09 bits per heavy atom. The molecule has 1 saturated carbocycles. The molecular formula is C22H29N3O6S2. The zero-order chi connectivity index (χ0) is 23.9. The predicted molar refractivity (Wildman–Crippen MR) is 124 cm³/mol. The molecule has 3 rings (SSSR count). The zero-order valence-electron chi connectivity index (χ0n) is 18.4. The number of benzene rings is 2. The maximum absolute atomic E-state index is 12.4. The number of carbonyl (C=O) groups is 1. The minimum atomic E-state index is -3.64. The summed E-state index contributed by atoms with van der Waals surface area (Å²) >= 11 is 0. The molecule has 2 aromatic carbocycles. The van der Waals surface area contributed by atoms with E-state index >= 15 is 0 Å². The standard InChI is InChI=1S/C22H29N3O6S2/c1-17-6-10-20(11-7-17)32(27,28)24-15-14-23-22(26)16-31-19-8-12-21(13-9-19)33(29,30)25-18-4-2-3-5-18/h6-13,18,24-25H,2-5,14-16H2,1H3,(H,23,26). The number of hydrogen-bond acceptors (Lipinski definition) is 6. The first-order valence-corrected chi connectivity index (χ1v) is 13.7. The van der Waals surface area contributed by atoms with Crippen molar-refractivity contribution < 1.29 is 26.4 Å². The first-order valence-electron chi connectivity index (χ1n) is 10.7. The number of sulfonamides is 2. The van der Waals surface area contributed by atoms with Crippen LogP contribution in [0.4, 0.5) is 0 Å². The number of carbonyl (C=O) groups excluding carboxylic acids is 1. The van der Waals surface area contributed by atoms with E-state index in [1.807, 2.05) is 6.92 Å². The summed E-state index contributed by atoms with van der Waals surface area (Å²) in [5.41, 5.74) is 0.957. The number of aryl methyl sites for hydroxylation is 1. The summed E-state index contributed by atoms with van der Waals surface area (Å²) in [5, 5.41) is 2.57. The van der Waals surface area contributed by atoms with Gasteiger partial charge in [0.05, 0.1) is 9.79 Å². The molecule has 0 spiro atoms. The van der Waals surface area contributed by atoms with Crippen molar-refractivity contribution >= 4 is 26.0 Å². The van der Waals surface area contributed by atoms with E-state index in [4.69, 9.17) is 4.74 Å². The first-order chi connectivity index (χ1) is 15.7. The van der Waals surface area contributed by atoms with E-state index < -0.39 is 26.0 Å². The molecule has 0 aromatic heterocycles. The van der Waals surface area contributed by atoms with Crippen molar-refractivity contribution in [3.05, 3.63) is 54.1 Å². The van der Waals surface area contributed by atoms with E-state index in [1.165, 1.54) is 36.4 Å². The lowest BCUT2D eigenvalue weighted by Crippen LogP contribution is -2.36. The Balaban J connectivity index is 1.39. The van der Waals surface area contributed by atoms with Crippen molar-refractivity contribution in [3.63, 3.8) is 0 Å². The van der Waals surface area contributed by atoms with Crippen LogP contribution in [0.5, 0.6) is 5.75 Å². The van der Waals surface area contributed by atoms with Crippen LogP contribution in [-0.2, 0) is 24.8 Å². The lowest BCUT2D eigenvalue weighted by molar-refractivity contribution is -0.123. The minimum Gasteiger partial charge on any atom is -0.484 e. The first kappa shape index (κ1) is 25.2. The van der Waals surface area contributed by atoms with Crippen molar-refractivity contribution in [2.45, 2.75) is 48.4 Å². The summed E-state index contributed by atoms with van der Waals surface area (Å²) in [7, 11) is -7.22. The van der Waals surface area contributed by atoms with Gasteiger partial charge in [0.25, 0.3) is 5.91 Å². The van der Waals surface area contributed by atoms with E-state index in [1.54, 1.807) is 12.1 Å². The number of ether oxygens (including phenoxy) is 1. The van der Waals surface area contributed by atoms with Gasteiger partial charge in [0.15, 0.2) is 6.61 Å². The highest BCUT2D eigenvalue weighted by atomic mass is 32.2. The van der Waals surface area contributed by atoms with Gasteiger partial charge >= 0.3 is 0 Å². The van der Waals surface area contributed by atoms with Gasteiger partial charge in [-0.3, -0.25) is 4.79 Å². The summed E-state index contributed by atoms with van der Waals surface area (Å²) in [6.45, 7) is 1.71. The Morgan fingerprint density at radius 2 is 1.45 bits per heavy atom. The Hall–Kier alpha value is -2.47. The van der Waals surface area contributed by atoms with Gasteiger partial charge < -0.3 is 10.1 Å². The highest BCUT2D eigenvalue weighted by molar-refractivity contribution is 7.89. The molecule has 1 aliphatic carbocycles. The number of amides is 1. The molecule has 1 amide bonds. The summed E-state index contributed by atoms with van der Waals surface area (Å²) in [6.07, 6.45) is 3.76. The number of hydrogen-bond donors (Lipinski definition) is 3. The zero-order valence-corrected chi connectivity index (χ0v) is 20.0. The average Bonchev–Trinajstić information content (AvgIpc) is 3.28. The monoisotopic (exact) mass is 495 g/mol. The van der Waals surface area contributed by atoms with Gasteiger partial charge in [-0.1, -0.05) is 30.5 Å². The van der Waals surface area contributed by atoms with Crippen LogP contribution in [0.25, 0.3) is 0 Å². The maximum Gasteiger partial charge on any atom is 0.257 e. The van der Waals surface area contributed by atoms with E-state index in [2.05, 4.69) is 14.8 Å². The van der Waals surface area contributed by atoms with Crippen LogP contribution in [0.15, 0.2) is 58.3 Å². The fourth-order valence-electron chi connectivity index (χ4n) is 3.43. The quantitative estimate of drug-likeness (QED) is 0.407. The van der Waals surface area contributed by atoms with Gasteiger partial charge in [0.1, 0.15) is 5.75 Å². The average molecular weight is 496 g/mol. The second-order valence-electron chi connectivity index (χ2n) is 7.92. The molecule has 0 bridgehead atoms. The second kappa shape index (κ2) is 11.1. The van der Waals surface area contributed by atoms with Gasteiger partial charge in [-0.05, 0) is 56.2 Å². The smallest absolute Gasteiger partial charge is 0.257 e. The van der Waals surface area contributed by atoms with Gasteiger partial charge in [-0.15, -0.1) is 0 Å². The molecule has 11 heteroatoms. The molecule has 1 aliphatic rings. The van der Waals surface area contributed by atoms with E-state index in [0.29, 0.717) is 5.75 Å². The Kier molecular flexibility index (Phi) is 8.46. The summed E-state index contributed by atoms with van der Waals surface area (Å²) < 4.78 is 59.8. The lowest BCUT2D eigenvalue weighted by atomic mass is 10.2. The third-order valence-electron chi connectivity index (χ3n) is 5.25. The molecule has 9 nitrogen and oxygen atoms in total. The van der Waals surface area contributed by atoms with Crippen LogP contribution in [0.3, 0.4) is 0 Å². The fraction of sp³-hybridized carbons (Fsp3) is 0.409. The summed E-state index contributed by atoms with van der Waals surface area (Å²) in [5.74, 6) is -0.0748. The molecule has 1 fully saturated rings. The van der Waals surface area contributed by atoms with E-state index in [0.717, 1.165) is 31.2 Å². The van der Waals surface area contributed by atoms with Crippen molar-refractivity contribution in [2.75, 3.05) is 19.7 Å². The van der Waals surface area contributed by atoms with Crippen LogP contribution < -0.4 is 19.5 Å². The summed E-state index contributed by atoms with van der Waals surface area (Å²) in [4.78, 5) is 12.3. The minimum absolute atomic E-state index is 0.0176. The Labute approximate surface area is 195 Å². The molecule has 0 radical (unpaired) electrons. The van der Waals surface area contributed by atoms with Crippen molar-refractivity contribution in [1.82, 2.24) is 14.8 Å². The third kappa shape index (κ3) is 7.53. The molecule has 180 valence electrons. The topological polar surface area (TPSA) is 131 Å². The molecule has 3 N–H and O–H groups in total. The molecule has 0 atom stereocenters. The number of nitrogens with one attached hydrogen (secondary N) is 3. The van der Waals surface area contributed by atoms with Gasteiger partial charge in [0.2, 0.25) is 20.0 Å². The normalized spacial score (nSPS) is 14.8. The maximum atomic E-state index is 12.4. The lowest BCUT2D eigenvalue weighted by Gasteiger charge is -2.13. The van der Waals surface area contributed by atoms with Crippen molar-refractivity contribution in [1.29, 1.82) is 0 Å². The largest absolute Gasteiger partial charge is 0.484 e. The molecule has 0 saturated heterocycles. The molecule has 33 heavy (non-hydrogen) atoms. The van der Waals surface area contributed by atoms with Gasteiger partial charge in [-0.25, -0.2) is 26.3 Å². The fourth-order valence-corrected chi connectivity index (χ4v) is 5.77. The van der Waals surface area contributed by atoms with Crippen molar-refractivity contribution in [2.24, 2.45) is 0 Å². The SMILES string of the molecule is Cc1ccc(S(=O)(=O)NCCNC(=O)COc2ccc(S(=O)(=O)NC3CCCC3)cc2)cc1. The molecule has 2 aromatic rings. The van der Waals surface area contributed by atoms with Crippen LogP contribution in [0, 0.1) is 6.92 Å². The summed E-state index contributed by atoms with van der Waals surface area (Å²) in [6, 6.07) is 12.3. The van der Waals surface area contributed by atoms with E-state index in [-0.39, 0.29) is 35.5 Å².